The van der Waals surface area contributed by atoms with E-state index >= 15 is 0 Å². The fraction of sp³-hybridized carbons (Fsp3) is 0.688. The summed E-state index contributed by atoms with van der Waals surface area (Å²) in [6.45, 7) is 7.20. The van der Waals surface area contributed by atoms with Gasteiger partial charge in [0.05, 0.1) is 0 Å². The molecule has 1 aromatic heterocycles. The number of nitrogens with zero attached hydrogens (tertiary/aromatic N) is 2. The lowest BCUT2D eigenvalue weighted by Gasteiger charge is -2.41. The minimum absolute atomic E-state index is 0.541. The van der Waals surface area contributed by atoms with Crippen molar-refractivity contribution in [3.63, 3.8) is 0 Å². The molecule has 0 bridgehead atoms. The van der Waals surface area contributed by atoms with Gasteiger partial charge in [-0.1, -0.05) is 20.3 Å². The summed E-state index contributed by atoms with van der Waals surface area (Å²) in [6.07, 6.45) is 10.7. The molecule has 2 nitrogen and oxygen atoms in total. The highest BCUT2D eigenvalue weighted by Crippen LogP contribution is 2.44. The van der Waals surface area contributed by atoms with Crippen LogP contribution >= 0.6 is 0 Å². The Morgan fingerprint density at radius 2 is 2.33 bits per heavy atom. The fourth-order valence-corrected chi connectivity index (χ4v) is 3.92. The van der Waals surface area contributed by atoms with E-state index in [0.29, 0.717) is 5.41 Å². The molecule has 2 heteroatoms. The molecular formula is C16H24N2. The van der Waals surface area contributed by atoms with E-state index in [1.165, 1.54) is 49.8 Å². The molecule has 0 amide bonds. The van der Waals surface area contributed by atoms with Gasteiger partial charge in [0.1, 0.15) is 0 Å². The maximum Gasteiger partial charge on any atom is 0.0315 e. The van der Waals surface area contributed by atoms with Crippen molar-refractivity contribution in [1.82, 2.24) is 9.88 Å². The van der Waals surface area contributed by atoms with Crippen molar-refractivity contribution in [2.24, 2.45) is 5.41 Å². The van der Waals surface area contributed by atoms with Gasteiger partial charge in [-0.3, -0.25) is 9.88 Å². The van der Waals surface area contributed by atoms with Gasteiger partial charge in [0.2, 0.25) is 0 Å². The summed E-state index contributed by atoms with van der Waals surface area (Å²) in [6, 6.07) is 2.98. The second kappa shape index (κ2) is 4.65. The molecule has 0 spiro atoms. The summed E-state index contributed by atoms with van der Waals surface area (Å²) in [4.78, 5) is 7.01. The molecule has 3 rings (SSSR count). The first-order chi connectivity index (χ1) is 8.73. The van der Waals surface area contributed by atoms with Crippen LogP contribution in [0, 0.1) is 5.41 Å². The van der Waals surface area contributed by atoms with Crippen molar-refractivity contribution in [2.45, 2.75) is 58.5 Å². The molecule has 0 N–H and O–H groups in total. The van der Waals surface area contributed by atoms with Gasteiger partial charge in [0.15, 0.2) is 0 Å². The third-order valence-corrected chi connectivity index (χ3v) is 5.32. The minimum Gasteiger partial charge on any atom is -0.295 e. The number of rotatable bonds is 2. The summed E-state index contributed by atoms with van der Waals surface area (Å²) in [7, 11) is 0. The van der Waals surface area contributed by atoms with Crippen molar-refractivity contribution in [3.8, 4) is 0 Å². The molecule has 2 heterocycles. The van der Waals surface area contributed by atoms with Gasteiger partial charge in [-0.05, 0) is 48.3 Å². The van der Waals surface area contributed by atoms with Crippen LogP contribution < -0.4 is 0 Å². The van der Waals surface area contributed by atoms with E-state index in [2.05, 4.69) is 36.0 Å². The van der Waals surface area contributed by atoms with Crippen LogP contribution in [-0.2, 0) is 13.0 Å². The summed E-state index contributed by atoms with van der Waals surface area (Å²) in [5.41, 5.74) is 3.51. The van der Waals surface area contributed by atoms with E-state index in [-0.39, 0.29) is 0 Å². The number of aromatic nitrogens is 1. The average molecular weight is 244 g/mol. The minimum atomic E-state index is 0.541. The summed E-state index contributed by atoms with van der Waals surface area (Å²) >= 11 is 0. The van der Waals surface area contributed by atoms with Gasteiger partial charge in [-0.2, -0.15) is 0 Å². The molecule has 0 aromatic carbocycles. The standard InChI is InChI=1S/C16H24N2/c1-3-16(2)8-4-5-15(16)18-10-7-13-6-9-17-11-14(13)12-18/h6,9,11,15H,3-5,7-8,10,12H2,1-2H3. The maximum absolute atomic E-state index is 4.29. The van der Waals surface area contributed by atoms with Crippen LogP contribution in [0.25, 0.3) is 0 Å². The lowest BCUT2D eigenvalue weighted by Crippen LogP contribution is -2.45. The first-order valence-corrected chi connectivity index (χ1v) is 7.39. The topological polar surface area (TPSA) is 16.1 Å². The Labute approximate surface area is 110 Å². The quantitative estimate of drug-likeness (QED) is 0.792. The van der Waals surface area contributed by atoms with Crippen molar-refractivity contribution in [1.29, 1.82) is 0 Å². The van der Waals surface area contributed by atoms with Crippen LogP contribution in [0.3, 0.4) is 0 Å². The van der Waals surface area contributed by atoms with E-state index < -0.39 is 0 Å². The largest absolute Gasteiger partial charge is 0.295 e. The van der Waals surface area contributed by atoms with Crippen LogP contribution in [-0.4, -0.2) is 22.5 Å². The van der Waals surface area contributed by atoms with Crippen LogP contribution in [0.1, 0.15) is 50.7 Å². The third-order valence-electron chi connectivity index (χ3n) is 5.32. The zero-order valence-corrected chi connectivity index (χ0v) is 11.7. The number of pyridine rings is 1. The van der Waals surface area contributed by atoms with Gasteiger partial charge in [-0.25, -0.2) is 0 Å². The summed E-state index contributed by atoms with van der Waals surface area (Å²) < 4.78 is 0. The van der Waals surface area contributed by atoms with E-state index in [1.807, 2.05) is 6.20 Å². The Hall–Kier alpha value is -0.890. The van der Waals surface area contributed by atoms with Gasteiger partial charge >= 0.3 is 0 Å². The highest BCUT2D eigenvalue weighted by Gasteiger charge is 2.41. The maximum atomic E-state index is 4.29. The Bertz CT molecular complexity index is 429. The molecule has 2 aliphatic rings. The molecule has 1 fully saturated rings. The Kier molecular flexibility index (Phi) is 3.14. The summed E-state index contributed by atoms with van der Waals surface area (Å²) in [5, 5.41) is 0. The van der Waals surface area contributed by atoms with Gasteiger partial charge in [0.25, 0.3) is 0 Å². The first kappa shape index (κ1) is 12.2. The molecule has 1 aliphatic heterocycles. The predicted molar refractivity (Wildman–Crippen MR) is 74.4 cm³/mol. The van der Waals surface area contributed by atoms with Crippen LogP contribution in [0.4, 0.5) is 0 Å². The zero-order valence-electron chi connectivity index (χ0n) is 11.7. The highest BCUT2D eigenvalue weighted by atomic mass is 15.2. The number of hydrogen-bond acceptors (Lipinski definition) is 2. The van der Waals surface area contributed by atoms with E-state index in [1.54, 1.807) is 0 Å². The molecule has 1 saturated carbocycles. The fourth-order valence-electron chi connectivity index (χ4n) is 3.92. The molecule has 1 aromatic rings. The Balaban J connectivity index is 1.80. The monoisotopic (exact) mass is 244 g/mol. The molecule has 2 unspecified atom stereocenters. The number of fused-ring (bicyclic) bond motifs is 1. The Morgan fingerprint density at radius 1 is 1.44 bits per heavy atom. The van der Waals surface area contributed by atoms with Crippen molar-refractivity contribution in [3.05, 3.63) is 29.6 Å². The van der Waals surface area contributed by atoms with Gasteiger partial charge in [-0.15, -0.1) is 0 Å². The normalized spacial score (nSPS) is 32.4. The van der Waals surface area contributed by atoms with Crippen LogP contribution in [0.15, 0.2) is 18.5 Å². The summed E-state index contributed by atoms with van der Waals surface area (Å²) in [5.74, 6) is 0. The SMILES string of the molecule is CCC1(C)CCCC1N1CCc2ccncc2C1. The second-order valence-electron chi connectivity index (χ2n) is 6.28. The predicted octanol–water partition coefficient (Wildman–Crippen LogP) is 3.41. The van der Waals surface area contributed by atoms with Crippen LogP contribution in [0.5, 0.6) is 0 Å². The molecule has 98 valence electrons. The van der Waals surface area contributed by atoms with E-state index in [4.69, 9.17) is 0 Å². The second-order valence-corrected chi connectivity index (χ2v) is 6.28. The smallest absolute Gasteiger partial charge is 0.0315 e. The third kappa shape index (κ3) is 1.97. The molecule has 1 aliphatic carbocycles. The lowest BCUT2D eigenvalue weighted by atomic mass is 9.80. The molecule has 2 atom stereocenters. The molecular weight excluding hydrogens is 220 g/mol. The van der Waals surface area contributed by atoms with Crippen molar-refractivity contribution >= 4 is 0 Å². The highest BCUT2D eigenvalue weighted by molar-refractivity contribution is 5.26. The van der Waals surface area contributed by atoms with Crippen molar-refractivity contribution in [2.75, 3.05) is 6.54 Å². The van der Waals surface area contributed by atoms with E-state index in [0.717, 1.165) is 12.6 Å². The molecule has 0 radical (unpaired) electrons. The van der Waals surface area contributed by atoms with Crippen LogP contribution in [0.2, 0.25) is 0 Å². The lowest BCUT2D eigenvalue weighted by molar-refractivity contribution is 0.0849. The molecule has 18 heavy (non-hydrogen) atoms. The first-order valence-electron chi connectivity index (χ1n) is 7.39. The zero-order chi connectivity index (χ0) is 12.6. The van der Waals surface area contributed by atoms with Crippen molar-refractivity contribution < 1.29 is 0 Å². The average Bonchev–Trinajstić information content (AvgIpc) is 2.81. The van der Waals surface area contributed by atoms with Gasteiger partial charge in [0, 0.05) is 31.5 Å². The Morgan fingerprint density at radius 3 is 3.17 bits per heavy atom. The van der Waals surface area contributed by atoms with Gasteiger partial charge < -0.3 is 0 Å². The number of hydrogen-bond donors (Lipinski definition) is 0. The molecule has 0 saturated heterocycles. The van der Waals surface area contributed by atoms with E-state index in [9.17, 15) is 0 Å².